The minimum absolute atomic E-state index is 0.0452. The fraction of sp³-hybridized carbons (Fsp3) is 0.385. The van der Waals surface area contributed by atoms with Crippen molar-refractivity contribution in [2.24, 2.45) is 0 Å². The van der Waals surface area contributed by atoms with E-state index in [1.807, 2.05) is 36.4 Å². The number of halogens is 1. The topological polar surface area (TPSA) is 40.6 Å². The molecule has 1 fully saturated rings. The Morgan fingerprint density at radius 1 is 1.19 bits per heavy atom. The number of benzene rings is 2. The average Bonchev–Trinajstić information content (AvgIpc) is 3.00. The van der Waals surface area contributed by atoms with E-state index in [0.717, 1.165) is 48.0 Å². The van der Waals surface area contributed by atoms with Gasteiger partial charge in [0, 0.05) is 23.3 Å². The zero-order valence-electron chi connectivity index (χ0n) is 19.0. The third kappa shape index (κ3) is 4.20. The summed E-state index contributed by atoms with van der Waals surface area (Å²) >= 11 is 0.873. The summed E-state index contributed by atoms with van der Waals surface area (Å²) in [6, 6.07) is 12.8. The van der Waals surface area contributed by atoms with Gasteiger partial charge in [-0.2, -0.15) is 0 Å². The molecule has 1 saturated heterocycles. The molecule has 0 aromatic heterocycles. The molecular formula is C26H29FN2O2S. The smallest absolute Gasteiger partial charge is 0.293 e. The average molecular weight is 453 g/mol. The second-order valence-corrected chi connectivity index (χ2v) is 10.2. The van der Waals surface area contributed by atoms with Crippen LogP contribution in [-0.2, 0) is 11.3 Å². The molecule has 0 radical (unpaired) electrons. The van der Waals surface area contributed by atoms with Crippen LogP contribution in [0.25, 0.3) is 6.08 Å². The minimum Gasteiger partial charge on any atom is -0.366 e. The SMILES string of the molecule is CCCN1c2cc(F)c(/C=C3/SC(=O)N(Cc4ccccc4)C3=O)cc2C(C)CC1(C)C. The Morgan fingerprint density at radius 3 is 2.59 bits per heavy atom. The van der Waals surface area contributed by atoms with Gasteiger partial charge in [-0.15, -0.1) is 0 Å². The van der Waals surface area contributed by atoms with Crippen molar-refractivity contribution >= 4 is 34.7 Å². The van der Waals surface area contributed by atoms with E-state index in [0.29, 0.717) is 5.56 Å². The molecule has 0 spiro atoms. The summed E-state index contributed by atoms with van der Waals surface area (Å²) in [5, 5.41) is -0.326. The third-order valence-corrected chi connectivity index (χ3v) is 7.20. The number of fused-ring (bicyclic) bond motifs is 1. The molecule has 2 aliphatic heterocycles. The number of thioether (sulfide) groups is 1. The van der Waals surface area contributed by atoms with Gasteiger partial charge < -0.3 is 4.90 Å². The van der Waals surface area contributed by atoms with E-state index in [-0.39, 0.29) is 39.9 Å². The second-order valence-electron chi connectivity index (χ2n) is 9.26. The minimum atomic E-state index is -0.372. The van der Waals surface area contributed by atoms with E-state index in [2.05, 4.69) is 32.6 Å². The first-order valence-electron chi connectivity index (χ1n) is 11.1. The number of hydrogen-bond acceptors (Lipinski definition) is 4. The van der Waals surface area contributed by atoms with Gasteiger partial charge in [-0.25, -0.2) is 4.39 Å². The molecule has 0 aliphatic carbocycles. The fourth-order valence-electron chi connectivity index (χ4n) is 4.82. The Hall–Kier alpha value is -2.60. The van der Waals surface area contributed by atoms with E-state index < -0.39 is 0 Å². The third-order valence-electron chi connectivity index (χ3n) is 6.30. The molecule has 168 valence electrons. The predicted octanol–water partition coefficient (Wildman–Crippen LogP) is 6.56. The second kappa shape index (κ2) is 8.74. The number of anilines is 1. The summed E-state index contributed by atoms with van der Waals surface area (Å²) in [5.41, 5.74) is 3.22. The van der Waals surface area contributed by atoms with Crippen LogP contribution in [-0.4, -0.2) is 28.1 Å². The number of hydrogen-bond donors (Lipinski definition) is 0. The molecule has 0 N–H and O–H groups in total. The van der Waals surface area contributed by atoms with Gasteiger partial charge in [-0.05, 0) is 73.7 Å². The van der Waals surface area contributed by atoms with Crippen molar-refractivity contribution in [3.8, 4) is 0 Å². The van der Waals surface area contributed by atoms with Crippen molar-refractivity contribution in [2.75, 3.05) is 11.4 Å². The van der Waals surface area contributed by atoms with Crippen molar-refractivity contribution in [3.63, 3.8) is 0 Å². The van der Waals surface area contributed by atoms with Crippen LogP contribution in [0.4, 0.5) is 14.9 Å². The zero-order chi connectivity index (χ0) is 23.0. The van der Waals surface area contributed by atoms with E-state index in [1.165, 1.54) is 11.0 Å². The van der Waals surface area contributed by atoms with E-state index in [9.17, 15) is 9.59 Å². The van der Waals surface area contributed by atoms with Gasteiger partial charge in [0.25, 0.3) is 11.1 Å². The lowest BCUT2D eigenvalue weighted by molar-refractivity contribution is -0.123. The maximum atomic E-state index is 15.2. The Labute approximate surface area is 193 Å². The van der Waals surface area contributed by atoms with E-state index in [1.54, 1.807) is 6.07 Å². The number of nitrogens with zero attached hydrogens (tertiary/aromatic N) is 2. The van der Waals surface area contributed by atoms with Crippen LogP contribution in [0.2, 0.25) is 0 Å². The van der Waals surface area contributed by atoms with Gasteiger partial charge in [-0.3, -0.25) is 14.5 Å². The molecule has 0 bridgehead atoms. The van der Waals surface area contributed by atoms with Gasteiger partial charge in [0.1, 0.15) is 5.82 Å². The first-order valence-corrected chi connectivity index (χ1v) is 11.9. The summed E-state index contributed by atoms with van der Waals surface area (Å²) in [6.45, 7) is 9.79. The number of amides is 2. The van der Waals surface area contributed by atoms with Crippen LogP contribution in [0.5, 0.6) is 0 Å². The first-order chi connectivity index (χ1) is 15.2. The van der Waals surface area contributed by atoms with Gasteiger partial charge in [0.2, 0.25) is 0 Å². The Kier molecular flexibility index (Phi) is 6.17. The van der Waals surface area contributed by atoms with Gasteiger partial charge in [-0.1, -0.05) is 44.2 Å². The van der Waals surface area contributed by atoms with Crippen molar-refractivity contribution in [3.05, 3.63) is 69.9 Å². The standard InChI is InChI=1S/C26H29FN2O2S/c1-5-11-29-22-14-21(27)19(12-20(22)17(2)15-26(29,3)4)13-23-24(30)28(25(31)32-23)16-18-9-7-6-8-10-18/h6-10,12-14,17H,5,11,15-16H2,1-4H3/b23-13+. The number of imide groups is 1. The quantitative estimate of drug-likeness (QED) is 0.482. The largest absolute Gasteiger partial charge is 0.366 e. The van der Waals surface area contributed by atoms with Crippen molar-refractivity contribution in [1.82, 2.24) is 4.90 Å². The fourth-order valence-corrected chi connectivity index (χ4v) is 5.65. The highest BCUT2D eigenvalue weighted by Crippen LogP contribution is 2.45. The highest BCUT2D eigenvalue weighted by atomic mass is 32.2. The molecule has 2 aromatic carbocycles. The van der Waals surface area contributed by atoms with Crippen LogP contribution in [0.3, 0.4) is 0 Å². The van der Waals surface area contributed by atoms with Gasteiger partial charge in [0.15, 0.2) is 0 Å². The highest BCUT2D eigenvalue weighted by Gasteiger charge is 2.38. The highest BCUT2D eigenvalue weighted by molar-refractivity contribution is 8.18. The molecule has 1 atom stereocenters. The van der Waals surface area contributed by atoms with Crippen molar-refractivity contribution < 1.29 is 14.0 Å². The molecule has 4 nitrogen and oxygen atoms in total. The van der Waals surface area contributed by atoms with E-state index in [4.69, 9.17) is 0 Å². The molecule has 1 unspecified atom stereocenters. The molecule has 32 heavy (non-hydrogen) atoms. The van der Waals surface area contributed by atoms with Gasteiger partial charge >= 0.3 is 0 Å². The van der Waals surface area contributed by atoms with Crippen LogP contribution in [0, 0.1) is 5.82 Å². The molecular weight excluding hydrogens is 423 g/mol. The van der Waals surface area contributed by atoms with Crippen LogP contribution < -0.4 is 4.90 Å². The molecule has 0 saturated carbocycles. The number of rotatable bonds is 5. The lowest BCUT2D eigenvalue weighted by Crippen LogP contribution is -2.48. The maximum absolute atomic E-state index is 15.2. The number of carbonyl (C=O) groups excluding carboxylic acids is 2. The number of carbonyl (C=O) groups is 2. The lowest BCUT2D eigenvalue weighted by Gasteiger charge is -2.47. The lowest BCUT2D eigenvalue weighted by atomic mass is 9.79. The summed E-state index contributed by atoms with van der Waals surface area (Å²) in [5.74, 6) is -0.471. The molecule has 2 aromatic rings. The summed E-state index contributed by atoms with van der Waals surface area (Å²) in [7, 11) is 0. The van der Waals surface area contributed by atoms with Crippen LogP contribution in [0.15, 0.2) is 47.4 Å². The van der Waals surface area contributed by atoms with Crippen molar-refractivity contribution in [1.29, 1.82) is 0 Å². The zero-order valence-corrected chi connectivity index (χ0v) is 19.8. The summed E-state index contributed by atoms with van der Waals surface area (Å²) < 4.78 is 15.2. The van der Waals surface area contributed by atoms with Crippen molar-refractivity contribution in [2.45, 2.75) is 58.5 Å². The normalized spacial score (nSPS) is 21.4. The summed E-state index contributed by atoms with van der Waals surface area (Å²) in [6.07, 6.45) is 3.48. The van der Waals surface area contributed by atoms with Crippen LogP contribution in [0.1, 0.15) is 63.1 Å². The Bertz CT molecular complexity index is 1080. The molecule has 2 heterocycles. The first kappa shape index (κ1) is 22.6. The maximum Gasteiger partial charge on any atom is 0.293 e. The molecule has 4 rings (SSSR count). The molecule has 2 amide bonds. The monoisotopic (exact) mass is 452 g/mol. The summed E-state index contributed by atoms with van der Waals surface area (Å²) in [4.78, 5) is 29.1. The Balaban J connectivity index is 1.66. The molecule has 6 heteroatoms. The van der Waals surface area contributed by atoms with Crippen LogP contribution >= 0.6 is 11.8 Å². The molecule has 2 aliphatic rings. The Morgan fingerprint density at radius 2 is 1.91 bits per heavy atom. The van der Waals surface area contributed by atoms with E-state index >= 15 is 4.39 Å². The van der Waals surface area contributed by atoms with Gasteiger partial charge in [0.05, 0.1) is 11.4 Å². The predicted molar refractivity (Wildman–Crippen MR) is 129 cm³/mol.